The maximum Gasteiger partial charge on any atom is 0.226 e. The number of carbonyl (C=O) groups is 1. The van der Waals surface area contributed by atoms with E-state index in [-0.39, 0.29) is 0 Å². The van der Waals surface area contributed by atoms with Crippen molar-refractivity contribution < 1.29 is 4.79 Å². The number of hydrogen-bond donors (Lipinski definition) is 1. The molecule has 0 aromatic rings. The monoisotopic (exact) mass is 264 g/mol. The second kappa shape index (κ2) is 5.82. The van der Waals surface area contributed by atoms with Crippen LogP contribution in [-0.2, 0) is 4.79 Å². The third-order valence-electron chi connectivity index (χ3n) is 5.35. The summed E-state index contributed by atoms with van der Waals surface area (Å²) in [7, 11) is 0. The van der Waals surface area contributed by atoms with Crippen LogP contribution in [0.3, 0.4) is 0 Å². The van der Waals surface area contributed by atoms with E-state index in [1.807, 2.05) is 0 Å². The molecular weight excluding hydrogens is 236 g/mol. The first-order chi connectivity index (χ1) is 9.31. The average molecular weight is 264 g/mol. The number of fused-ring (bicyclic) bond motifs is 1. The van der Waals surface area contributed by atoms with Gasteiger partial charge >= 0.3 is 0 Å². The molecule has 0 spiro atoms. The maximum absolute atomic E-state index is 12.7. The van der Waals surface area contributed by atoms with Crippen molar-refractivity contribution in [2.45, 2.75) is 57.9 Å². The summed E-state index contributed by atoms with van der Waals surface area (Å²) >= 11 is 0. The fourth-order valence-electron chi connectivity index (χ4n) is 4.31. The normalized spacial score (nSPS) is 36.9. The molecule has 2 saturated carbocycles. The van der Waals surface area contributed by atoms with Gasteiger partial charge in [0, 0.05) is 25.0 Å². The molecule has 1 amide bonds. The van der Waals surface area contributed by atoms with E-state index in [0.29, 0.717) is 17.9 Å². The highest BCUT2D eigenvalue weighted by Gasteiger charge is 2.55. The molecule has 3 atom stereocenters. The molecule has 3 nitrogen and oxygen atoms in total. The number of rotatable bonds is 5. The number of carbonyl (C=O) groups excluding carboxylic acids is 1. The molecule has 0 aromatic carbocycles. The molecule has 1 aliphatic heterocycles. The van der Waals surface area contributed by atoms with Crippen LogP contribution in [0.5, 0.6) is 0 Å². The Hall–Kier alpha value is -0.570. The van der Waals surface area contributed by atoms with Crippen molar-refractivity contribution in [2.75, 3.05) is 19.6 Å². The van der Waals surface area contributed by atoms with Crippen molar-refractivity contribution in [3.63, 3.8) is 0 Å². The average Bonchev–Trinajstić information content (AvgIpc) is 2.93. The summed E-state index contributed by atoms with van der Waals surface area (Å²) in [5, 5.41) is 3.53. The van der Waals surface area contributed by atoms with E-state index in [2.05, 4.69) is 17.1 Å². The van der Waals surface area contributed by atoms with Crippen molar-refractivity contribution >= 4 is 5.91 Å². The first-order valence-electron chi connectivity index (χ1n) is 8.33. The van der Waals surface area contributed by atoms with E-state index >= 15 is 0 Å². The largest absolute Gasteiger partial charge is 0.341 e. The summed E-state index contributed by atoms with van der Waals surface area (Å²) in [6.07, 6.45) is 8.91. The molecule has 108 valence electrons. The highest BCUT2D eigenvalue weighted by atomic mass is 16.2. The van der Waals surface area contributed by atoms with Gasteiger partial charge in [-0.15, -0.1) is 0 Å². The van der Waals surface area contributed by atoms with Gasteiger partial charge in [0.15, 0.2) is 0 Å². The van der Waals surface area contributed by atoms with Gasteiger partial charge in [-0.25, -0.2) is 0 Å². The zero-order valence-corrected chi connectivity index (χ0v) is 12.2. The smallest absolute Gasteiger partial charge is 0.226 e. The Kier molecular flexibility index (Phi) is 4.11. The minimum atomic E-state index is 0.399. The first kappa shape index (κ1) is 13.4. The van der Waals surface area contributed by atoms with Gasteiger partial charge in [-0.3, -0.25) is 4.79 Å². The molecule has 0 aromatic heterocycles. The van der Waals surface area contributed by atoms with Crippen molar-refractivity contribution in [1.29, 1.82) is 0 Å². The van der Waals surface area contributed by atoms with Crippen LogP contribution in [0.4, 0.5) is 0 Å². The van der Waals surface area contributed by atoms with Crippen LogP contribution in [0.2, 0.25) is 0 Å². The second-order valence-corrected chi connectivity index (χ2v) is 6.72. The lowest BCUT2D eigenvalue weighted by Crippen LogP contribution is -2.42. The highest BCUT2D eigenvalue weighted by molar-refractivity contribution is 5.82. The summed E-state index contributed by atoms with van der Waals surface area (Å²) in [4.78, 5) is 14.9. The Morgan fingerprint density at radius 2 is 1.89 bits per heavy atom. The van der Waals surface area contributed by atoms with Crippen molar-refractivity contribution in [1.82, 2.24) is 10.2 Å². The molecule has 1 heterocycles. The van der Waals surface area contributed by atoms with Gasteiger partial charge in [-0.2, -0.15) is 0 Å². The van der Waals surface area contributed by atoms with Gasteiger partial charge in [0.25, 0.3) is 0 Å². The van der Waals surface area contributed by atoms with Crippen LogP contribution in [-0.4, -0.2) is 36.5 Å². The Labute approximate surface area is 117 Å². The first-order valence-corrected chi connectivity index (χ1v) is 8.33. The van der Waals surface area contributed by atoms with Crippen LogP contribution < -0.4 is 5.32 Å². The molecule has 1 N–H and O–H groups in total. The molecule has 3 rings (SSSR count). The molecule has 3 fully saturated rings. The third kappa shape index (κ3) is 2.81. The second-order valence-electron chi connectivity index (χ2n) is 6.72. The summed E-state index contributed by atoms with van der Waals surface area (Å²) in [5.41, 5.74) is 0. The Bertz CT molecular complexity index is 313. The van der Waals surface area contributed by atoms with E-state index in [0.717, 1.165) is 37.9 Å². The van der Waals surface area contributed by atoms with Crippen LogP contribution in [0, 0.1) is 17.8 Å². The molecule has 3 unspecified atom stereocenters. The lowest BCUT2D eigenvalue weighted by atomic mass is 10.0. The molecule has 2 aliphatic carbocycles. The molecule has 0 bridgehead atoms. The molecule has 0 radical (unpaired) electrons. The quantitative estimate of drug-likeness (QED) is 0.827. The van der Waals surface area contributed by atoms with E-state index in [1.165, 1.54) is 38.5 Å². The minimum Gasteiger partial charge on any atom is -0.341 e. The number of hydrogen-bond acceptors (Lipinski definition) is 2. The standard InChI is InChI=1S/C16H28N2O/c1-2-10-18(11-12-6-5-9-17-12)16(19)15-13-7-3-4-8-14(13)15/h12-15,17H,2-11H2,1H3. The SMILES string of the molecule is CCCN(CC1CCCN1)C(=O)C1C2CCCCC21. The van der Waals surface area contributed by atoms with Gasteiger partial charge in [-0.05, 0) is 50.5 Å². The number of amides is 1. The molecule has 19 heavy (non-hydrogen) atoms. The Balaban J connectivity index is 1.57. The molecule has 3 heteroatoms. The van der Waals surface area contributed by atoms with Crippen molar-refractivity contribution in [2.24, 2.45) is 17.8 Å². The lowest BCUT2D eigenvalue weighted by Gasteiger charge is -2.26. The van der Waals surface area contributed by atoms with E-state index < -0.39 is 0 Å². The van der Waals surface area contributed by atoms with Gasteiger partial charge in [-0.1, -0.05) is 19.8 Å². The minimum absolute atomic E-state index is 0.399. The predicted molar refractivity (Wildman–Crippen MR) is 76.8 cm³/mol. The zero-order chi connectivity index (χ0) is 13.2. The molecule has 3 aliphatic rings. The van der Waals surface area contributed by atoms with E-state index in [9.17, 15) is 4.79 Å². The van der Waals surface area contributed by atoms with Gasteiger partial charge in [0.1, 0.15) is 0 Å². The van der Waals surface area contributed by atoms with Crippen molar-refractivity contribution in [3.05, 3.63) is 0 Å². The zero-order valence-electron chi connectivity index (χ0n) is 12.2. The molecular formula is C16H28N2O. The van der Waals surface area contributed by atoms with E-state index in [1.54, 1.807) is 0 Å². The summed E-state index contributed by atoms with van der Waals surface area (Å²) in [6, 6.07) is 0.552. The summed E-state index contributed by atoms with van der Waals surface area (Å²) in [5.74, 6) is 2.37. The van der Waals surface area contributed by atoms with Crippen LogP contribution >= 0.6 is 0 Å². The third-order valence-corrected chi connectivity index (χ3v) is 5.35. The predicted octanol–water partition coefficient (Wildman–Crippen LogP) is 2.41. The fourth-order valence-corrected chi connectivity index (χ4v) is 4.31. The Morgan fingerprint density at radius 3 is 2.47 bits per heavy atom. The number of nitrogens with one attached hydrogen (secondary N) is 1. The number of nitrogens with zero attached hydrogens (tertiary/aromatic N) is 1. The molecule has 1 saturated heterocycles. The van der Waals surface area contributed by atoms with Gasteiger partial charge < -0.3 is 10.2 Å². The van der Waals surface area contributed by atoms with Crippen LogP contribution in [0.15, 0.2) is 0 Å². The highest BCUT2D eigenvalue weighted by Crippen LogP contribution is 2.56. The fraction of sp³-hybridized carbons (Fsp3) is 0.938. The summed E-state index contributed by atoms with van der Waals surface area (Å²) in [6.45, 7) is 5.21. The summed E-state index contributed by atoms with van der Waals surface area (Å²) < 4.78 is 0. The van der Waals surface area contributed by atoms with E-state index in [4.69, 9.17) is 0 Å². The Morgan fingerprint density at radius 1 is 1.16 bits per heavy atom. The van der Waals surface area contributed by atoms with Gasteiger partial charge in [0.2, 0.25) is 5.91 Å². The van der Waals surface area contributed by atoms with Gasteiger partial charge in [0.05, 0.1) is 0 Å². The van der Waals surface area contributed by atoms with Crippen LogP contribution in [0.25, 0.3) is 0 Å². The van der Waals surface area contributed by atoms with Crippen molar-refractivity contribution in [3.8, 4) is 0 Å². The topological polar surface area (TPSA) is 32.3 Å². The van der Waals surface area contributed by atoms with Crippen LogP contribution in [0.1, 0.15) is 51.9 Å². The maximum atomic E-state index is 12.7. The lowest BCUT2D eigenvalue weighted by molar-refractivity contribution is -0.133.